The quantitative estimate of drug-likeness (QED) is 0.0464. The van der Waals surface area contributed by atoms with Crippen molar-refractivity contribution in [3.8, 4) is 0 Å². The molecule has 1 aliphatic carbocycles. The zero-order valence-corrected chi connectivity index (χ0v) is 58.7. The minimum atomic E-state index is -0.146. The number of aldehydes is 1. The van der Waals surface area contributed by atoms with Crippen molar-refractivity contribution in [2.45, 2.75) is 279 Å². The molecule has 2 aliphatic heterocycles. The number of anilines is 2. The highest BCUT2D eigenvalue weighted by atomic mass is 19.1. The van der Waals surface area contributed by atoms with Crippen LogP contribution in [0.4, 0.5) is 15.8 Å². The van der Waals surface area contributed by atoms with Gasteiger partial charge in [0.2, 0.25) is 0 Å². The predicted molar refractivity (Wildman–Crippen MR) is 368 cm³/mol. The molecule has 1 N–H and O–H groups in total. The molecule has 1 fully saturated rings. The number of likely N-dealkylation sites (N-methyl/N-ethyl adjacent to an activating group) is 1. The summed E-state index contributed by atoms with van der Waals surface area (Å²) in [5.41, 5.74) is 9.33. The number of carbonyl (C=O) groups excluding carboxylic acids is 3. The van der Waals surface area contributed by atoms with E-state index in [0.717, 1.165) is 88.8 Å². The van der Waals surface area contributed by atoms with Crippen LogP contribution in [0, 0.1) is 51.3 Å². The van der Waals surface area contributed by atoms with Gasteiger partial charge in [-0.05, 0) is 125 Å². The zero-order chi connectivity index (χ0) is 64.5. The number of fused-ring (bicyclic) bond motifs is 1. The number of pyridine rings is 1. The lowest BCUT2D eigenvalue weighted by Gasteiger charge is -2.35. The first-order valence-electron chi connectivity index (χ1n) is 33.6. The maximum absolute atomic E-state index is 12.4. The van der Waals surface area contributed by atoms with Crippen LogP contribution >= 0.6 is 0 Å². The molecule has 0 spiro atoms. The first kappa shape index (κ1) is 83.6. The molecule has 3 heterocycles. The highest BCUT2D eigenvalue weighted by molar-refractivity contribution is 5.95. The Balaban J connectivity index is -0.000000926. The molecule has 0 amide bonds. The highest BCUT2D eigenvalue weighted by Gasteiger charge is 2.29. The number of nitrogens with one attached hydrogen (secondary N) is 1. The molecule has 1 aromatic heterocycles. The lowest BCUT2D eigenvalue weighted by molar-refractivity contribution is -0.884. The fourth-order valence-electron chi connectivity index (χ4n) is 9.24. The minimum absolute atomic E-state index is 0.0703. The fourth-order valence-corrected chi connectivity index (χ4v) is 9.24. The number of hydrogen-bond acceptors (Lipinski definition) is 7. The number of quaternary nitrogens is 1. The van der Waals surface area contributed by atoms with Crippen LogP contribution in [0.5, 0.6) is 0 Å². The number of nitrogens with zero attached hydrogens (tertiary/aromatic N) is 3. The van der Waals surface area contributed by atoms with Crippen molar-refractivity contribution in [2.24, 2.45) is 17.8 Å². The van der Waals surface area contributed by atoms with Gasteiger partial charge in [0, 0.05) is 37.1 Å². The third-order valence-corrected chi connectivity index (χ3v) is 15.5. The van der Waals surface area contributed by atoms with E-state index in [1.807, 2.05) is 66.7 Å². The summed E-state index contributed by atoms with van der Waals surface area (Å²) >= 11 is 0. The van der Waals surface area contributed by atoms with Crippen molar-refractivity contribution in [1.82, 2.24) is 4.98 Å². The number of aryl methyl sites for hydroxylation is 4. The van der Waals surface area contributed by atoms with Crippen LogP contribution in [-0.2, 0) is 14.3 Å². The lowest BCUT2D eigenvalue weighted by Crippen LogP contribution is -2.44. The number of ether oxygens (including phenoxy) is 1. The van der Waals surface area contributed by atoms with E-state index in [9.17, 15) is 18.8 Å². The Labute approximate surface area is 519 Å². The van der Waals surface area contributed by atoms with Crippen LogP contribution < -0.4 is 10.2 Å². The van der Waals surface area contributed by atoms with Crippen molar-refractivity contribution in [3.63, 3.8) is 0 Å². The normalized spacial score (nSPS) is 14.4. The van der Waals surface area contributed by atoms with Crippen LogP contribution in [0.1, 0.15) is 289 Å². The molecule has 3 aliphatic rings. The van der Waals surface area contributed by atoms with Crippen LogP contribution in [0.25, 0.3) is 5.57 Å². The molecule has 0 bridgehead atoms. The molecule has 482 valence electrons. The van der Waals surface area contributed by atoms with Crippen molar-refractivity contribution >= 4 is 34.8 Å². The number of unbranched alkanes of at least 4 members (excludes halogenated alkanes) is 6. The Morgan fingerprint density at radius 1 is 0.714 bits per heavy atom. The van der Waals surface area contributed by atoms with E-state index in [1.165, 1.54) is 150 Å². The summed E-state index contributed by atoms with van der Waals surface area (Å²) in [5, 5.41) is 3.43. The Morgan fingerprint density at radius 2 is 1.30 bits per heavy atom. The van der Waals surface area contributed by atoms with Crippen molar-refractivity contribution < 1.29 is 28.0 Å². The fraction of sp³-hybridized carbons (Fsp3) is 0.680. The Bertz CT molecular complexity index is 2150. The van der Waals surface area contributed by atoms with E-state index in [2.05, 4.69) is 130 Å². The van der Waals surface area contributed by atoms with Crippen molar-refractivity contribution in [3.05, 3.63) is 106 Å². The average Bonchev–Trinajstić information content (AvgIpc) is 4.35. The van der Waals surface area contributed by atoms with E-state index < -0.39 is 0 Å². The number of halogens is 1. The van der Waals surface area contributed by atoms with E-state index in [4.69, 9.17) is 4.74 Å². The van der Waals surface area contributed by atoms with E-state index >= 15 is 0 Å². The molecule has 2 unspecified atom stereocenters. The molecule has 6 rings (SSSR count). The Morgan fingerprint density at radius 3 is 1.76 bits per heavy atom. The number of ketones is 2. The second-order valence-corrected chi connectivity index (χ2v) is 23.9. The van der Waals surface area contributed by atoms with Gasteiger partial charge in [-0.3, -0.25) is 14.6 Å². The van der Waals surface area contributed by atoms with E-state index in [0.29, 0.717) is 24.8 Å². The first-order chi connectivity index (χ1) is 40.0. The molecule has 0 saturated heterocycles. The topological polar surface area (TPSA) is 88.6 Å². The minimum Gasteiger partial charge on any atom is -0.500 e. The molecule has 3 aromatic rings. The molecule has 9 heteroatoms. The largest absolute Gasteiger partial charge is 0.500 e. The van der Waals surface area contributed by atoms with Crippen molar-refractivity contribution in [2.75, 3.05) is 51.6 Å². The number of rotatable bonds is 22. The summed E-state index contributed by atoms with van der Waals surface area (Å²) in [4.78, 5) is 39.5. The van der Waals surface area contributed by atoms with Gasteiger partial charge in [0.15, 0.2) is 5.78 Å². The summed E-state index contributed by atoms with van der Waals surface area (Å²) in [5.74, 6) is 4.54. The predicted octanol–water partition coefficient (Wildman–Crippen LogP) is 22.4. The first-order valence-corrected chi connectivity index (χ1v) is 33.6. The second-order valence-electron chi connectivity index (χ2n) is 23.9. The van der Waals surface area contributed by atoms with Gasteiger partial charge < -0.3 is 24.2 Å². The van der Waals surface area contributed by atoms with Gasteiger partial charge in [0.1, 0.15) is 36.0 Å². The molecule has 1 saturated carbocycles. The van der Waals surface area contributed by atoms with Crippen LogP contribution in [0.15, 0.2) is 66.2 Å². The van der Waals surface area contributed by atoms with Gasteiger partial charge in [-0.25, -0.2) is 4.39 Å². The maximum atomic E-state index is 12.4. The van der Waals surface area contributed by atoms with Gasteiger partial charge in [-0.1, -0.05) is 218 Å². The molecule has 2 atom stereocenters. The lowest BCUT2D eigenvalue weighted by atomic mass is 9.97. The van der Waals surface area contributed by atoms with Gasteiger partial charge in [-0.15, -0.1) is 0 Å². The average molecular weight is 1170 g/mol. The van der Waals surface area contributed by atoms with Gasteiger partial charge in [-0.2, -0.15) is 0 Å². The summed E-state index contributed by atoms with van der Waals surface area (Å²) in [6, 6.07) is 15.2. The number of hydrogen-bond donors (Lipinski definition) is 1. The van der Waals surface area contributed by atoms with E-state index in [1.54, 1.807) is 14.0 Å². The molecular formula is C75H132FN4O4+. The molecule has 2 aromatic carbocycles. The summed E-state index contributed by atoms with van der Waals surface area (Å²) in [6.07, 6.45) is 33.2. The van der Waals surface area contributed by atoms with Gasteiger partial charge in [0.05, 0.1) is 56.8 Å². The molecule has 8 nitrogen and oxygen atoms in total. The third-order valence-electron chi connectivity index (χ3n) is 15.5. The van der Waals surface area contributed by atoms with E-state index in [-0.39, 0.29) is 23.3 Å². The summed E-state index contributed by atoms with van der Waals surface area (Å²) in [7, 11) is 8.23. The van der Waals surface area contributed by atoms with Crippen LogP contribution in [0.3, 0.4) is 0 Å². The van der Waals surface area contributed by atoms with Gasteiger partial charge >= 0.3 is 0 Å². The third kappa shape index (κ3) is 40.6. The maximum Gasteiger partial charge on any atom is 0.159 e. The molecular weight excluding hydrogens is 1040 g/mol. The Kier molecular flexibility index (Phi) is 52.4. The van der Waals surface area contributed by atoms with Crippen LogP contribution in [0.2, 0.25) is 0 Å². The van der Waals surface area contributed by atoms with Crippen molar-refractivity contribution in [1.29, 1.82) is 0 Å². The molecule has 0 radical (unpaired) electrons. The number of allylic oxidation sites excluding steroid dienone is 1. The number of methoxy groups -OCH3 is 1. The SMILES string of the molecule is C1CCCC1.CC.CCC(C)C(=O)CCCC=O.CCC/C=C1/Nc2ccc(C)cc2N1C.CCCC.CCCCC(CC)CC.CCCCCC(C)CC.COC1=C(c2cc(C(C)=O)cc(C)n2)C[N+](C)(C)CC1.Cc1cc(C)cc(F)c1. The summed E-state index contributed by atoms with van der Waals surface area (Å²) in [6.45, 7) is 39.6. The van der Waals surface area contributed by atoms with Crippen LogP contribution in [-0.4, -0.2) is 68.7 Å². The second kappa shape index (κ2) is 52.7. The van der Waals surface area contributed by atoms with Gasteiger partial charge in [0.25, 0.3) is 0 Å². The number of aromatic nitrogens is 1. The number of carbonyl (C=O) groups is 3. The number of Topliss-reactive ketones (excluding diaryl/α,β-unsaturated/α-hetero) is 2. The summed E-state index contributed by atoms with van der Waals surface area (Å²) < 4.78 is 18.9. The highest BCUT2D eigenvalue weighted by Crippen LogP contribution is 2.36. The standard InChI is InChI=1S/C16H23N2O2.C13H18N2.C9H16O2.2C9H20.C8H9F.C5H10.C4H10.C2H6/c1-11-8-13(12(2)19)9-15(17-11)14-10-18(3,4)7-6-16(14)20-5;1-4-5-6-13-14-11-8-7-10(2)9-12(11)15(13)3;1-3-8(2)9(11)6-4-5-7-10;1-4-6-7-8-9(3)5-2;1-4-7-8-9(5-2)6-3;1-6-3-7(2)5-8(9)4-6;1-2-4-5-3-1;1-3-4-2;1-2/h8-9H,6-7,10H2,1-5H3;6-9,14H,4-5H2,1-3H3;7-8H,3-6H2,1-2H3;2*9H,4-8H2,1-3H3;3-5H,1-2H3;1-5H2;3-4H2,1-2H3;1-2H3/q+1;;;;;;;;/b;13-6-;;;;;;;. The number of benzene rings is 2. The monoisotopic (exact) mass is 1170 g/mol. The Hall–Kier alpha value is -4.63. The molecule has 84 heavy (non-hydrogen) atoms. The zero-order valence-electron chi connectivity index (χ0n) is 58.7. The smallest absolute Gasteiger partial charge is 0.159 e.